The van der Waals surface area contributed by atoms with Crippen LogP contribution in [-0.4, -0.2) is 26.2 Å². The molecule has 5 rings (SSSR count). The minimum absolute atomic E-state index is 0.135. The van der Waals surface area contributed by atoms with Crippen LogP contribution in [0.4, 0.5) is 5.82 Å². The lowest BCUT2D eigenvalue weighted by atomic mass is 10.0. The summed E-state index contributed by atoms with van der Waals surface area (Å²) < 4.78 is 8.58. The van der Waals surface area contributed by atoms with E-state index >= 15 is 0 Å². The molecule has 3 aromatic heterocycles. The Labute approximate surface area is 172 Å². The summed E-state index contributed by atoms with van der Waals surface area (Å²) in [6.45, 7) is 0. The van der Waals surface area contributed by atoms with Crippen molar-refractivity contribution in [2.75, 3.05) is 12.8 Å². The van der Waals surface area contributed by atoms with Gasteiger partial charge in [-0.25, -0.2) is 9.78 Å². The summed E-state index contributed by atoms with van der Waals surface area (Å²) in [7, 11) is 3.37. The molecule has 30 heavy (non-hydrogen) atoms. The van der Waals surface area contributed by atoms with Crippen molar-refractivity contribution in [2.24, 2.45) is 7.05 Å². The van der Waals surface area contributed by atoms with Crippen LogP contribution in [0.15, 0.2) is 71.8 Å². The number of rotatable bonds is 3. The molecular formula is C23H19N5O2. The number of nitrogens with zero attached hydrogens (tertiary/aromatic N) is 4. The van der Waals surface area contributed by atoms with E-state index in [9.17, 15) is 4.79 Å². The van der Waals surface area contributed by atoms with Gasteiger partial charge in [0, 0.05) is 24.2 Å². The van der Waals surface area contributed by atoms with Crippen LogP contribution in [0.1, 0.15) is 0 Å². The molecule has 0 fully saturated rings. The van der Waals surface area contributed by atoms with Gasteiger partial charge in [-0.05, 0) is 54.1 Å². The third-order valence-electron chi connectivity index (χ3n) is 5.33. The van der Waals surface area contributed by atoms with Crippen LogP contribution in [-0.2, 0) is 7.05 Å². The number of nitrogen functional groups attached to an aromatic ring is 1. The average molecular weight is 397 g/mol. The van der Waals surface area contributed by atoms with E-state index in [0.29, 0.717) is 5.82 Å². The van der Waals surface area contributed by atoms with E-state index in [2.05, 4.69) is 9.97 Å². The van der Waals surface area contributed by atoms with Gasteiger partial charge in [0.15, 0.2) is 0 Å². The Morgan fingerprint density at radius 1 is 0.933 bits per heavy atom. The Hall–Kier alpha value is -4.13. The van der Waals surface area contributed by atoms with Gasteiger partial charge in [0.1, 0.15) is 11.6 Å². The summed E-state index contributed by atoms with van der Waals surface area (Å²) in [4.78, 5) is 21.9. The van der Waals surface area contributed by atoms with Crippen LogP contribution in [0.25, 0.3) is 38.8 Å². The Morgan fingerprint density at radius 3 is 2.40 bits per heavy atom. The molecule has 0 amide bonds. The van der Waals surface area contributed by atoms with Gasteiger partial charge in [-0.3, -0.25) is 14.1 Å². The number of methoxy groups -OCH3 is 1. The Kier molecular flexibility index (Phi) is 4.03. The third kappa shape index (κ3) is 2.71. The fourth-order valence-corrected chi connectivity index (χ4v) is 3.72. The van der Waals surface area contributed by atoms with Gasteiger partial charge in [-0.2, -0.15) is 0 Å². The number of fused-ring (bicyclic) bond motifs is 3. The average Bonchev–Trinajstić information content (AvgIpc) is 3.04. The minimum Gasteiger partial charge on any atom is -0.497 e. The molecule has 5 aromatic rings. The van der Waals surface area contributed by atoms with E-state index in [1.807, 2.05) is 48.5 Å². The molecule has 0 saturated heterocycles. The maximum absolute atomic E-state index is 13.1. The molecule has 0 saturated carbocycles. The van der Waals surface area contributed by atoms with Gasteiger partial charge in [0.25, 0.3) is 0 Å². The fourth-order valence-electron chi connectivity index (χ4n) is 3.72. The first-order chi connectivity index (χ1) is 14.6. The van der Waals surface area contributed by atoms with E-state index in [0.717, 1.165) is 44.5 Å². The number of aryl methyl sites for hydroxylation is 1. The summed E-state index contributed by atoms with van der Waals surface area (Å²) in [6, 6.07) is 17.1. The van der Waals surface area contributed by atoms with Crippen molar-refractivity contribution in [2.45, 2.75) is 0 Å². The molecule has 7 heteroatoms. The molecule has 3 heterocycles. The zero-order valence-corrected chi connectivity index (χ0v) is 16.5. The second-order valence-electron chi connectivity index (χ2n) is 7.07. The molecule has 0 aliphatic rings. The number of hydrogen-bond donors (Lipinski definition) is 1. The summed E-state index contributed by atoms with van der Waals surface area (Å²) in [5.74, 6) is 1.21. The molecule has 0 radical (unpaired) electrons. The molecule has 7 nitrogen and oxygen atoms in total. The highest BCUT2D eigenvalue weighted by Crippen LogP contribution is 2.30. The van der Waals surface area contributed by atoms with Crippen molar-refractivity contribution < 1.29 is 4.74 Å². The molecule has 148 valence electrons. The van der Waals surface area contributed by atoms with Gasteiger partial charge >= 0.3 is 5.69 Å². The van der Waals surface area contributed by atoms with Crippen LogP contribution in [0, 0.1) is 0 Å². The summed E-state index contributed by atoms with van der Waals surface area (Å²) in [5.41, 5.74) is 10.6. The van der Waals surface area contributed by atoms with Gasteiger partial charge in [-0.15, -0.1) is 0 Å². The van der Waals surface area contributed by atoms with Crippen molar-refractivity contribution in [1.82, 2.24) is 19.1 Å². The summed E-state index contributed by atoms with van der Waals surface area (Å²) in [5, 5.41) is 0.885. The number of aromatic nitrogens is 4. The summed E-state index contributed by atoms with van der Waals surface area (Å²) >= 11 is 0. The Bertz CT molecular complexity index is 1450. The molecule has 0 unspecified atom stereocenters. The zero-order chi connectivity index (χ0) is 20.8. The van der Waals surface area contributed by atoms with Gasteiger partial charge in [0.2, 0.25) is 0 Å². The van der Waals surface area contributed by atoms with Crippen molar-refractivity contribution in [3.63, 3.8) is 0 Å². The van der Waals surface area contributed by atoms with Crippen LogP contribution in [0.3, 0.4) is 0 Å². The minimum atomic E-state index is -0.135. The molecule has 0 atom stereocenters. The second kappa shape index (κ2) is 6.73. The molecule has 0 spiro atoms. The van der Waals surface area contributed by atoms with Gasteiger partial charge in [0.05, 0.1) is 35.5 Å². The number of anilines is 1. The lowest BCUT2D eigenvalue weighted by molar-refractivity contribution is 0.414. The van der Waals surface area contributed by atoms with Crippen LogP contribution in [0.2, 0.25) is 0 Å². The van der Waals surface area contributed by atoms with E-state index in [4.69, 9.17) is 10.5 Å². The van der Waals surface area contributed by atoms with Crippen LogP contribution < -0.4 is 16.2 Å². The van der Waals surface area contributed by atoms with Crippen molar-refractivity contribution >= 4 is 27.8 Å². The third-order valence-corrected chi connectivity index (χ3v) is 5.33. The lowest BCUT2D eigenvalue weighted by Gasteiger charge is -2.09. The largest absolute Gasteiger partial charge is 0.497 e. The highest BCUT2D eigenvalue weighted by molar-refractivity contribution is 6.04. The molecule has 0 aliphatic heterocycles. The monoisotopic (exact) mass is 397 g/mol. The van der Waals surface area contributed by atoms with Crippen LogP contribution in [0.5, 0.6) is 5.75 Å². The maximum Gasteiger partial charge on any atom is 0.333 e. The highest BCUT2D eigenvalue weighted by Gasteiger charge is 2.16. The number of ether oxygens (including phenoxy) is 1. The molecular weight excluding hydrogens is 378 g/mol. The zero-order valence-electron chi connectivity index (χ0n) is 16.5. The maximum atomic E-state index is 13.1. The second-order valence-corrected chi connectivity index (χ2v) is 7.07. The van der Waals surface area contributed by atoms with E-state index in [1.165, 1.54) is 0 Å². The number of nitrogens with two attached hydrogens (primary N) is 1. The molecule has 0 aliphatic carbocycles. The smallest absolute Gasteiger partial charge is 0.333 e. The summed E-state index contributed by atoms with van der Waals surface area (Å²) in [6.07, 6.45) is 3.48. The van der Waals surface area contributed by atoms with E-state index in [-0.39, 0.29) is 5.69 Å². The van der Waals surface area contributed by atoms with Gasteiger partial charge in [-0.1, -0.05) is 6.07 Å². The van der Waals surface area contributed by atoms with Crippen molar-refractivity contribution in [1.29, 1.82) is 0 Å². The number of imidazole rings is 1. The first-order valence-electron chi connectivity index (χ1n) is 9.43. The number of benzene rings is 2. The van der Waals surface area contributed by atoms with Crippen molar-refractivity contribution in [3.05, 3.63) is 77.5 Å². The molecule has 0 bridgehead atoms. The Morgan fingerprint density at radius 2 is 1.70 bits per heavy atom. The predicted octanol–water partition coefficient (Wildman–Crippen LogP) is 3.53. The fraction of sp³-hybridized carbons (Fsp3) is 0.0870. The highest BCUT2D eigenvalue weighted by atomic mass is 16.5. The Balaban J connectivity index is 1.83. The topological polar surface area (TPSA) is 88.0 Å². The van der Waals surface area contributed by atoms with Crippen LogP contribution >= 0.6 is 0 Å². The standard InChI is InChI=1S/C23H19N5O2/c1-27-20-13-25-19-9-3-14(15-4-10-21(24)26-12-15)11-18(19)22(20)28(23(27)29)16-5-7-17(30-2)8-6-16/h3-13H,1-2H3,(H2,24,26). The molecule has 2 N–H and O–H groups in total. The lowest BCUT2D eigenvalue weighted by Crippen LogP contribution is -2.20. The van der Waals surface area contributed by atoms with E-state index < -0.39 is 0 Å². The SMILES string of the molecule is COc1ccc(-n2c(=O)n(C)c3cnc4ccc(-c5ccc(N)nc5)cc4c32)cc1. The predicted molar refractivity (Wildman–Crippen MR) is 118 cm³/mol. The van der Waals surface area contributed by atoms with Gasteiger partial charge < -0.3 is 10.5 Å². The molecule has 2 aromatic carbocycles. The normalized spacial score (nSPS) is 11.3. The quantitative estimate of drug-likeness (QED) is 0.503. The number of hydrogen-bond acceptors (Lipinski definition) is 5. The van der Waals surface area contributed by atoms with E-state index in [1.54, 1.807) is 41.8 Å². The first-order valence-corrected chi connectivity index (χ1v) is 9.43. The van der Waals surface area contributed by atoms with Crippen molar-refractivity contribution in [3.8, 4) is 22.6 Å². The number of pyridine rings is 2. The first kappa shape index (κ1) is 17.9.